The Hall–Kier alpha value is -1.88. The zero-order valence-corrected chi connectivity index (χ0v) is 10.3. The average Bonchev–Trinajstić information content (AvgIpc) is 3.05. The normalized spacial score (nSPS) is 15.9. The van der Waals surface area contributed by atoms with Gasteiger partial charge >= 0.3 is 0 Å². The Kier molecular flexibility index (Phi) is 3.34. The molecule has 2 amide bonds. The van der Waals surface area contributed by atoms with E-state index in [1.807, 2.05) is 18.2 Å². The SMILES string of the molecule is CC(=O)Nc1cccc(CNC(=O)C2(N)CC2)c1. The molecule has 1 fully saturated rings. The highest BCUT2D eigenvalue weighted by Crippen LogP contribution is 2.32. The van der Waals surface area contributed by atoms with Gasteiger partial charge in [-0.1, -0.05) is 12.1 Å². The first kappa shape index (κ1) is 12.6. The van der Waals surface area contributed by atoms with E-state index in [2.05, 4.69) is 10.6 Å². The zero-order chi connectivity index (χ0) is 13.2. The lowest BCUT2D eigenvalue weighted by atomic mass is 10.2. The Morgan fingerprint density at radius 2 is 2.11 bits per heavy atom. The minimum absolute atomic E-state index is 0.104. The van der Waals surface area contributed by atoms with Crippen molar-refractivity contribution in [3.63, 3.8) is 0 Å². The molecule has 18 heavy (non-hydrogen) atoms. The zero-order valence-electron chi connectivity index (χ0n) is 10.3. The fourth-order valence-electron chi connectivity index (χ4n) is 1.68. The van der Waals surface area contributed by atoms with Crippen LogP contribution in [0.3, 0.4) is 0 Å². The quantitative estimate of drug-likeness (QED) is 0.734. The van der Waals surface area contributed by atoms with Gasteiger partial charge in [0.05, 0.1) is 5.54 Å². The van der Waals surface area contributed by atoms with E-state index in [4.69, 9.17) is 5.73 Å². The molecule has 0 aliphatic heterocycles. The van der Waals surface area contributed by atoms with Crippen LogP contribution in [0.1, 0.15) is 25.3 Å². The fourth-order valence-corrected chi connectivity index (χ4v) is 1.68. The molecule has 1 aromatic carbocycles. The van der Waals surface area contributed by atoms with Crippen LogP contribution in [-0.4, -0.2) is 17.4 Å². The smallest absolute Gasteiger partial charge is 0.240 e. The summed E-state index contributed by atoms with van der Waals surface area (Å²) in [5, 5.41) is 5.50. The van der Waals surface area contributed by atoms with E-state index in [9.17, 15) is 9.59 Å². The molecule has 4 N–H and O–H groups in total. The molecule has 2 rings (SSSR count). The van der Waals surface area contributed by atoms with Gasteiger partial charge in [0.25, 0.3) is 0 Å². The van der Waals surface area contributed by atoms with Crippen molar-refractivity contribution in [3.05, 3.63) is 29.8 Å². The lowest BCUT2D eigenvalue weighted by molar-refractivity contribution is -0.123. The predicted molar refractivity (Wildman–Crippen MR) is 68.7 cm³/mol. The summed E-state index contributed by atoms with van der Waals surface area (Å²) in [6, 6.07) is 7.36. The minimum Gasteiger partial charge on any atom is -0.350 e. The van der Waals surface area contributed by atoms with Crippen molar-refractivity contribution < 1.29 is 9.59 Å². The third kappa shape index (κ3) is 3.07. The van der Waals surface area contributed by atoms with Crippen LogP contribution >= 0.6 is 0 Å². The molecule has 1 aliphatic rings. The topological polar surface area (TPSA) is 84.2 Å². The average molecular weight is 247 g/mol. The Bertz CT molecular complexity index is 481. The van der Waals surface area contributed by atoms with Gasteiger partial charge in [0.2, 0.25) is 11.8 Å². The van der Waals surface area contributed by atoms with E-state index >= 15 is 0 Å². The molecule has 96 valence electrons. The number of hydrogen-bond donors (Lipinski definition) is 3. The summed E-state index contributed by atoms with van der Waals surface area (Å²) in [5.41, 5.74) is 6.79. The summed E-state index contributed by atoms with van der Waals surface area (Å²) in [6.07, 6.45) is 1.51. The van der Waals surface area contributed by atoms with Crippen LogP contribution in [0.25, 0.3) is 0 Å². The van der Waals surface area contributed by atoms with E-state index in [1.165, 1.54) is 6.92 Å². The Morgan fingerprint density at radius 1 is 1.39 bits per heavy atom. The maximum Gasteiger partial charge on any atom is 0.240 e. The van der Waals surface area contributed by atoms with Crippen LogP contribution < -0.4 is 16.4 Å². The van der Waals surface area contributed by atoms with Crippen LogP contribution in [0.4, 0.5) is 5.69 Å². The van der Waals surface area contributed by atoms with Crippen LogP contribution in [0.2, 0.25) is 0 Å². The Balaban J connectivity index is 1.93. The second-order valence-electron chi connectivity index (χ2n) is 4.72. The van der Waals surface area contributed by atoms with Crippen LogP contribution in [0.15, 0.2) is 24.3 Å². The number of anilines is 1. The summed E-state index contributed by atoms with van der Waals surface area (Å²) < 4.78 is 0. The lowest BCUT2D eigenvalue weighted by Crippen LogP contribution is -2.42. The summed E-state index contributed by atoms with van der Waals surface area (Å²) >= 11 is 0. The molecule has 1 saturated carbocycles. The third-order valence-corrected chi connectivity index (χ3v) is 2.94. The number of amides is 2. The van der Waals surface area contributed by atoms with Gasteiger partial charge in [0, 0.05) is 19.2 Å². The molecule has 0 atom stereocenters. The van der Waals surface area contributed by atoms with Crippen molar-refractivity contribution >= 4 is 17.5 Å². The molecule has 0 radical (unpaired) electrons. The summed E-state index contributed by atoms with van der Waals surface area (Å²) in [7, 11) is 0. The molecule has 5 nitrogen and oxygen atoms in total. The van der Waals surface area contributed by atoms with Gasteiger partial charge in [0.15, 0.2) is 0 Å². The van der Waals surface area contributed by atoms with Crippen molar-refractivity contribution in [2.75, 3.05) is 5.32 Å². The first-order chi connectivity index (χ1) is 8.49. The van der Waals surface area contributed by atoms with E-state index in [0.29, 0.717) is 6.54 Å². The van der Waals surface area contributed by atoms with Crippen LogP contribution in [0.5, 0.6) is 0 Å². The van der Waals surface area contributed by atoms with Crippen molar-refractivity contribution in [3.8, 4) is 0 Å². The molecule has 0 heterocycles. The fraction of sp³-hybridized carbons (Fsp3) is 0.385. The van der Waals surface area contributed by atoms with Gasteiger partial charge in [-0.15, -0.1) is 0 Å². The predicted octanol–water partition coefficient (Wildman–Crippen LogP) is 0.752. The molecule has 1 aromatic rings. The van der Waals surface area contributed by atoms with E-state index < -0.39 is 5.54 Å². The largest absolute Gasteiger partial charge is 0.350 e. The Morgan fingerprint density at radius 3 is 2.72 bits per heavy atom. The van der Waals surface area contributed by atoms with Crippen molar-refractivity contribution in [2.24, 2.45) is 5.73 Å². The van der Waals surface area contributed by atoms with Gasteiger partial charge in [-0.2, -0.15) is 0 Å². The van der Waals surface area contributed by atoms with Gasteiger partial charge in [0.1, 0.15) is 0 Å². The number of carbonyl (C=O) groups excluding carboxylic acids is 2. The first-order valence-corrected chi connectivity index (χ1v) is 5.93. The van der Waals surface area contributed by atoms with E-state index in [1.54, 1.807) is 6.07 Å². The van der Waals surface area contributed by atoms with Gasteiger partial charge in [-0.25, -0.2) is 0 Å². The molecule has 0 aromatic heterocycles. The van der Waals surface area contributed by atoms with E-state index in [-0.39, 0.29) is 11.8 Å². The molecular weight excluding hydrogens is 230 g/mol. The van der Waals surface area contributed by atoms with E-state index in [0.717, 1.165) is 24.1 Å². The second kappa shape index (κ2) is 4.78. The lowest BCUT2D eigenvalue weighted by Gasteiger charge is -2.11. The molecule has 0 saturated heterocycles. The summed E-state index contributed by atoms with van der Waals surface area (Å²) in [4.78, 5) is 22.6. The van der Waals surface area contributed by atoms with Gasteiger partial charge < -0.3 is 16.4 Å². The van der Waals surface area contributed by atoms with Crippen molar-refractivity contribution in [1.29, 1.82) is 0 Å². The number of carbonyl (C=O) groups is 2. The Labute approximate surface area is 106 Å². The number of benzene rings is 1. The number of rotatable bonds is 4. The summed E-state index contributed by atoms with van der Waals surface area (Å²) in [5.74, 6) is -0.220. The highest BCUT2D eigenvalue weighted by Gasteiger charge is 2.45. The monoisotopic (exact) mass is 247 g/mol. The standard InChI is InChI=1S/C13H17N3O2/c1-9(17)16-11-4-2-3-10(7-11)8-15-12(18)13(14)5-6-13/h2-4,7H,5-6,8,14H2,1H3,(H,15,18)(H,16,17). The van der Waals surface area contributed by atoms with Crippen LogP contribution in [0, 0.1) is 0 Å². The second-order valence-corrected chi connectivity index (χ2v) is 4.72. The maximum atomic E-state index is 11.7. The molecule has 0 spiro atoms. The molecule has 0 unspecified atom stereocenters. The number of nitrogens with one attached hydrogen (secondary N) is 2. The molecule has 5 heteroatoms. The number of nitrogens with two attached hydrogens (primary N) is 1. The molecule has 0 bridgehead atoms. The van der Waals surface area contributed by atoms with Crippen LogP contribution in [-0.2, 0) is 16.1 Å². The first-order valence-electron chi connectivity index (χ1n) is 5.93. The minimum atomic E-state index is -0.644. The molecular formula is C13H17N3O2. The molecule has 1 aliphatic carbocycles. The van der Waals surface area contributed by atoms with Gasteiger partial charge in [-0.3, -0.25) is 9.59 Å². The van der Waals surface area contributed by atoms with Gasteiger partial charge in [-0.05, 0) is 30.5 Å². The highest BCUT2D eigenvalue weighted by molar-refractivity contribution is 5.89. The summed E-state index contributed by atoms with van der Waals surface area (Å²) in [6.45, 7) is 1.88. The highest BCUT2D eigenvalue weighted by atomic mass is 16.2. The third-order valence-electron chi connectivity index (χ3n) is 2.94. The van der Waals surface area contributed by atoms with Crippen molar-refractivity contribution in [1.82, 2.24) is 5.32 Å². The van der Waals surface area contributed by atoms with Crippen molar-refractivity contribution in [2.45, 2.75) is 31.8 Å². The maximum absolute atomic E-state index is 11.7. The number of hydrogen-bond acceptors (Lipinski definition) is 3.